The van der Waals surface area contributed by atoms with E-state index in [1.54, 1.807) is 44.4 Å². The number of cyclic esters (lactones) is 1. The summed E-state index contributed by atoms with van der Waals surface area (Å²) in [4.78, 5) is 24.3. The molecule has 1 atom stereocenters. The third-order valence-electron chi connectivity index (χ3n) is 4.69. The molecule has 1 aliphatic rings. The van der Waals surface area contributed by atoms with Crippen molar-refractivity contribution in [1.29, 1.82) is 0 Å². The van der Waals surface area contributed by atoms with Crippen molar-refractivity contribution in [3.8, 4) is 5.75 Å². The lowest BCUT2D eigenvalue weighted by molar-refractivity contribution is -0.139. The average Bonchev–Trinajstić information content (AvgIpc) is 2.93. The second-order valence-electron chi connectivity index (χ2n) is 6.60. The standard InChI is InChI=1S/C22H28O4/c1-4-5-6-7-8-9-21-19(16(2)22(24)26-21)14-15-20(23)17-10-12-18(25-3)13-11-17/h10-15,21H,4-9H2,1-3H3/b15-14+. The van der Waals surface area contributed by atoms with Gasteiger partial charge >= 0.3 is 5.97 Å². The number of hydrogen-bond acceptors (Lipinski definition) is 4. The van der Waals surface area contributed by atoms with Gasteiger partial charge in [-0.3, -0.25) is 4.79 Å². The minimum Gasteiger partial charge on any atom is -0.497 e. The maximum absolute atomic E-state index is 12.4. The van der Waals surface area contributed by atoms with Crippen LogP contribution in [-0.4, -0.2) is 25.0 Å². The van der Waals surface area contributed by atoms with Crippen LogP contribution in [0.1, 0.15) is 62.7 Å². The monoisotopic (exact) mass is 356 g/mol. The smallest absolute Gasteiger partial charge is 0.334 e. The van der Waals surface area contributed by atoms with E-state index in [0.29, 0.717) is 16.9 Å². The Balaban J connectivity index is 1.99. The van der Waals surface area contributed by atoms with Crippen molar-refractivity contribution in [2.24, 2.45) is 0 Å². The van der Waals surface area contributed by atoms with E-state index < -0.39 is 0 Å². The van der Waals surface area contributed by atoms with Gasteiger partial charge < -0.3 is 9.47 Å². The van der Waals surface area contributed by atoms with Gasteiger partial charge in [-0.2, -0.15) is 0 Å². The fourth-order valence-corrected chi connectivity index (χ4v) is 3.04. The Morgan fingerprint density at radius 3 is 2.50 bits per heavy atom. The molecule has 4 nitrogen and oxygen atoms in total. The number of hydrogen-bond donors (Lipinski definition) is 0. The van der Waals surface area contributed by atoms with Crippen molar-refractivity contribution in [2.75, 3.05) is 7.11 Å². The van der Waals surface area contributed by atoms with Crippen molar-refractivity contribution >= 4 is 11.8 Å². The summed E-state index contributed by atoms with van der Waals surface area (Å²) in [6.45, 7) is 3.95. The lowest BCUT2D eigenvalue weighted by Gasteiger charge is -2.11. The largest absolute Gasteiger partial charge is 0.497 e. The first-order valence-corrected chi connectivity index (χ1v) is 9.35. The molecule has 0 spiro atoms. The number of esters is 1. The van der Waals surface area contributed by atoms with E-state index in [-0.39, 0.29) is 17.9 Å². The number of carbonyl (C=O) groups is 2. The fourth-order valence-electron chi connectivity index (χ4n) is 3.04. The Kier molecular flexibility index (Phi) is 7.64. The van der Waals surface area contributed by atoms with E-state index in [4.69, 9.17) is 9.47 Å². The van der Waals surface area contributed by atoms with Crippen LogP contribution in [0.5, 0.6) is 5.75 Å². The topological polar surface area (TPSA) is 52.6 Å². The summed E-state index contributed by atoms with van der Waals surface area (Å²) < 4.78 is 10.6. The first-order valence-electron chi connectivity index (χ1n) is 9.35. The Labute approximate surface area is 155 Å². The van der Waals surface area contributed by atoms with Crippen molar-refractivity contribution in [2.45, 2.75) is 58.5 Å². The van der Waals surface area contributed by atoms with Gasteiger partial charge in [-0.25, -0.2) is 4.79 Å². The lowest BCUT2D eigenvalue weighted by Crippen LogP contribution is -2.11. The highest BCUT2D eigenvalue weighted by molar-refractivity contribution is 6.05. The van der Waals surface area contributed by atoms with E-state index in [1.165, 1.54) is 25.3 Å². The molecule has 0 aliphatic carbocycles. The molecule has 2 rings (SSSR count). The second kappa shape index (κ2) is 9.95. The van der Waals surface area contributed by atoms with Crippen LogP contribution < -0.4 is 4.74 Å². The molecule has 1 unspecified atom stereocenters. The SMILES string of the molecule is CCCCCCCC1OC(=O)C(C)=C1/C=C/C(=O)c1ccc(OC)cc1. The highest BCUT2D eigenvalue weighted by Gasteiger charge is 2.29. The quantitative estimate of drug-likeness (QED) is 0.255. The van der Waals surface area contributed by atoms with Gasteiger partial charge in [0.25, 0.3) is 0 Å². The third-order valence-corrected chi connectivity index (χ3v) is 4.69. The second-order valence-corrected chi connectivity index (χ2v) is 6.60. The van der Waals surface area contributed by atoms with Crippen LogP contribution in [0.3, 0.4) is 0 Å². The van der Waals surface area contributed by atoms with Gasteiger partial charge in [0.2, 0.25) is 0 Å². The normalized spacial score (nSPS) is 17.0. The molecular formula is C22H28O4. The van der Waals surface area contributed by atoms with Crippen molar-refractivity contribution in [3.05, 3.63) is 53.1 Å². The number of benzene rings is 1. The molecule has 4 heteroatoms. The summed E-state index contributed by atoms with van der Waals surface area (Å²) >= 11 is 0. The summed E-state index contributed by atoms with van der Waals surface area (Å²) in [5.41, 5.74) is 2.01. The molecule has 0 radical (unpaired) electrons. The number of ketones is 1. The van der Waals surface area contributed by atoms with Gasteiger partial charge in [-0.15, -0.1) is 0 Å². The van der Waals surface area contributed by atoms with Crippen LogP contribution in [0, 0.1) is 0 Å². The average molecular weight is 356 g/mol. The summed E-state index contributed by atoms with van der Waals surface area (Å²) in [6.07, 6.45) is 9.66. The summed E-state index contributed by atoms with van der Waals surface area (Å²) in [7, 11) is 1.59. The third kappa shape index (κ3) is 5.32. The molecule has 0 fully saturated rings. The molecule has 0 saturated heterocycles. The molecule has 0 amide bonds. The molecule has 0 saturated carbocycles. The number of methoxy groups -OCH3 is 1. The molecule has 0 aromatic heterocycles. The Morgan fingerprint density at radius 2 is 1.85 bits per heavy atom. The molecule has 26 heavy (non-hydrogen) atoms. The van der Waals surface area contributed by atoms with Gasteiger partial charge in [-0.1, -0.05) is 38.7 Å². The highest BCUT2D eigenvalue weighted by Crippen LogP contribution is 2.28. The van der Waals surface area contributed by atoms with Crippen LogP contribution in [0.2, 0.25) is 0 Å². The van der Waals surface area contributed by atoms with Crippen molar-refractivity contribution in [1.82, 2.24) is 0 Å². The maximum atomic E-state index is 12.4. The molecule has 1 aliphatic heterocycles. The summed E-state index contributed by atoms with van der Waals surface area (Å²) in [6, 6.07) is 6.97. The Morgan fingerprint density at radius 1 is 1.15 bits per heavy atom. The van der Waals surface area contributed by atoms with Crippen molar-refractivity contribution in [3.63, 3.8) is 0 Å². The van der Waals surface area contributed by atoms with Crippen LogP contribution in [-0.2, 0) is 9.53 Å². The minimum atomic E-state index is -0.278. The minimum absolute atomic E-state index is 0.103. The molecule has 140 valence electrons. The molecular weight excluding hydrogens is 328 g/mol. The predicted octanol–water partition coefficient (Wildman–Crippen LogP) is 5.04. The molecule has 1 aromatic rings. The molecule has 0 N–H and O–H groups in total. The van der Waals surface area contributed by atoms with Crippen LogP contribution >= 0.6 is 0 Å². The Bertz CT molecular complexity index is 683. The van der Waals surface area contributed by atoms with Gasteiger partial charge in [0, 0.05) is 16.7 Å². The summed E-state index contributed by atoms with van der Waals surface area (Å²) in [5, 5.41) is 0. The number of ether oxygens (including phenoxy) is 2. The van der Waals surface area contributed by atoms with E-state index >= 15 is 0 Å². The number of allylic oxidation sites excluding steroid dienone is 1. The zero-order valence-electron chi connectivity index (χ0n) is 15.9. The van der Waals surface area contributed by atoms with E-state index in [9.17, 15) is 9.59 Å². The summed E-state index contributed by atoms with van der Waals surface area (Å²) in [5.74, 6) is 0.330. The molecule has 1 heterocycles. The van der Waals surface area contributed by atoms with Gasteiger partial charge in [0.15, 0.2) is 5.78 Å². The first-order chi connectivity index (χ1) is 12.6. The van der Waals surface area contributed by atoms with Crippen LogP contribution in [0.4, 0.5) is 0 Å². The zero-order chi connectivity index (χ0) is 18.9. The molecule has 1 aromatic carbocycles. The van der Waals surface area contributed by atoms with Crippen molar-refractivity contribution < 1.29 is 19.1 Å². The van der Waals surface area contributed by atoms with Gasteiger partial charge in [0.1, 0.15) is 11.9 Å². The van der Waals surface area contributed by atoms with E-state index in [2.05, 4.69) is 6.92 Å². The predicted molar refractivity (Wildman–Crippen MR) is 102 cm³/mol. The number of unbranched alkanes of at least 4 members (excludes halogenated alkanes) is 4. The fraction of sp³-hybridized carbons (Fsp3) is 0.455. The highest BCUT2D eigenvalue weighted by atomic mass is 16.5. The van der Waals surface area contributed by atoms with E-state index in [1.807, 2.05) is 0 Å². The maximum Gasteiger partial charge on any atom is 0.334 e. The van der Waals surface area contributed by atoms with Gasteiger partial charge in [0.05, 0.1) is 7.11 Å². The van der Waals surface area contributed by atoms with E-state index in [0.717, 1.165) is 24.8 Å². The number of rotatable bonds is 10. The molecule has 0 bridgehead atoms. The Hall–Kier alpha value is -2.36. The van der Waals surface area contributed by atoms with Gasteiger partial charge in [-0.05, 0) is 50.1 Å². The zero-order valence-corrected chi connectivity index (χ0v) is 15.9. The van der Waals surface area contributed by atoms with Crippen LogP contribution in [0.15, 0.2) is 47.6 Å². The lowest BCUT2D eigenvalue weighted by atomic mass is 9.99. The number of carbonyl (C=O) groups excluding carboxylic acids is 2. The van der Waals surface area contributed by atoms with Crippen LogP contribution in [0.25, 0.3) is 0 Å². The first kappa shape index (κ1) is 20.0.